The fourth-order valence-corrected chi connectivity index (χ4v) is 2.98. The van der Waals surface area contributed by atoms with Crippen LogP contribution in [0.4, 0.5) is 5.69 Å². The van der Waals surface area contributed by atoms with Gasteiger partial charge in [0.25, 0.3) is 5.91 Å². The number of ether oxygens (including phenoxy) is 1. The van der Waals surface area contributed by atoms with Crippen molar-refractivity contribution in [3.63, 3.8) is 0 Å². The molecule has 0 fully saturated rings. The second kappa shape index (κ2) is 8.63. The number of hydrogen-bond acceptors (Lipinski definition) is 3. The summed E-state index contributed by atoms with van der Waals surface area (Å²) in [6.07, 6.45) is 1.94. The molecular weight excluding hydrogens is 328 g/mol. The predicted molar refractivity (Wildman–Crippen MR) is 101 cm³/mol. The zero-order valence-corrected chi connectivity index (χ0v) is 15.0. The average Bonchev–Trinajstić information content (AvgIpc) is 2.67. The van der Waals surface area contributed by atoms with Crippen LogP contribution in [-0.2, 0) is 16.0 Å². The van der Waals surface area contributed by atoms with Crippen molar-refractivity contribution >= 4 is 17.5 Å². The second-order valence-corrected chi connectivity index (χ2v) is 6.45. The van der Waals surface area contributed by atoms with Gasteiger partial charge in [-0.15, -0.1) is 0 Å². The van der Waals surface area contributed by atoms with Crippen LogP contribution >= 0.6 is 0 Å². The Bertz CT molecular complexity index is 774. The first-order valence-electron chi connectivity index (χ1n) is 9.01. The standard InChI is InChI=1S/C21H24N2O3/c1-15(16-6-3-2-4-7-16)26-13-5-12-22-21(25)18-8-10-19-17(14-18)9-11-20(24)23-19/h2-4,6-8,10,14-15H,5,9,11-13H2,1H3,(H,22,25)(H,23,24). The number of carbonyl (C=O) groups excluding carboxylic acids is 2. The van der Waals surface area contributed by atoms with Gasteiger partial charge in [0.15, 0.2) is 0 Å². The summed E-state index contributed by atoms with van der Waals surface area (Å²) in [5.74, 6) is -0.0692. The summed E-state index contributed by atoms with van der Waals surface area (Å²) < 4.78 is 5.81. The third-order valence-electron chi connectivity index (χ3n) is 4.51. The molecule has 0 aromatic heterocycles. The highest BCUT2D eigenvalue weighted by molar-refractivity contribution is 5.97. The zero-order chi connectivity index (χ0) is 18.4. The van der Waals surface area contributed by atoms with Gasteiger partial charge >= 0.3 is 0 Å². The number of rotatable bonds is 7. The van der Waals surface area contributed by atoms with Crippen molar-refractivity contribution < 1.29 is 14.3 Å². The number of benzene rings is 2. The summed E-state index contributed by atoms with van der Waals surface area (Å²) >= 11 is 0. The first kappa shape index (κ1) is 18.1. The maximum atomic E-state index is 12.3. The lowest BCUT2D eigenvalue weighted by Crippen LogP contribution is -2.26. The summed E-state index contributed by atoms with van der Waals surface area (Å²) in [4.78, 5) is 23.7. The summed E-state index contributed by atoms with van der Waals surface area (Å²) in [6.45, 7) is 3.18. The molecule has 1 unspecified atom stereocenters. The Hall–Kier alpha value is -2.66. The van der Waals surface area contributed by atoms with Gasteiger partial charge in [0.2, 0.25) is 5.91 Å². The largest absolute Gasteiger partial charge is 0.374 e. The minimum absolute atomic E-state index is 0.0273. The molecule has 1 aliphatic heterocycles. The Labute approximate surface area is 153 Å². The highest BCUT2D eigenvalue weighted by Gasteiger charge is 2.16. The van der Waals surface area contributed by atoms with Gasteiger partial charge in [-0.05, 0) is 49.1 Å². The van der Waals surface area contributed by atoms with E-state index in [-0.39, 0.29) is 17.9 Å². The van der Waals surface area contributed by atoms with Crippen LogP contribution in [-0.4, -0.2) is 25.0 Å². The molecule has 2 amide bonds. The third kappa shape index (κ3) is 4.70. The molecule has 0 radical (unpaired) electrons. The van der Waals surface area contributed by atoms with Gasteiger partial charge in [-0.1, -0.05) is 30.3 Å². The Morgan fingerprint density at radius 1 is 1.19 bits per heavy atom. The number of nitrogens with one attached hydrogen (secondary N) is 2. The molecule has 5 heteroatoms. The number of hydrogen-bond donors (Lipinski definition) is 2. The van der Waals surface area contributed by atoms with Gasteiger partial charge in [0.05, 0.1) is 6.10 Å². The Morgan fingerprint density at radius 3 is 2.81 bits per heavy atom. The van der Waals surface area contributed by atoms with Crippen LogP contribution in [0.2, 0.25) is 0 Å². The van der Waals surface area contributed by atoms with Crippen LogP contribution in [0.5, 0.6) is 0 Å². The van der Waals surface area contributed by atoms with Crippen molar-refractivity contribution in [1.29, 1.82) is 0 Å². The summed E-state index contributed by atoms with van der Waals surface area (Å²) in [5, 5.41) is 5.74. The van der Waals surface area contributed by atoms with Crippen LogP contribution in [0.15, 0.2) is 48.5 Å². The monoisotopic (exact) mass is 352 g/mol. The van der Waals surface area contributed by atoms with Gasteiger partial charge in [-0.3, -0.25) is 9.59 Å². The minimum Gasteiger partial charge on any atom is -0.374 e. The number of anilines is 1. The number of aryl methyl sites for hydroxylation is 1. The first-order chi connectivity index (χ1) is 12.6. The van der Waals surface area contributed by atoms with Gasteiger partial charge in [0.1, 0.15) is 0 Å². The van der Waals surface area contributed by atoms with E-state index in [0.29, 0.717) is 31.6 Å². The molecule has 1 atom stereocenters. The molecule has 2 aromatic rings. The molecule has 0 saturated carbocycles. The van der Waals surface area contributed by atoms with Crippen molar-refractivity contribution in [2.75, 3.05) is 18.5 Å². The quantitative estimate of drug-likeness (QED) is 0.750. The zero-order valence-electron chi connectivity index (χ0n) is 15.0. The van der Waals surface area contributed by atoms with E-state index in [1.165, 1.54) is 0 Å². The van der Waals surface area contributed by atoms with E-state index in [0.717, 1.165) is 23.2 Å². The van der Waals surface area contributed by atoms with Crippen molar-refractivity contribution in [3.05, 3.63) is 65.2 Å². The maximum Gasteiger partial charge on any atom is 0.251 e. The van der Waals surface area contributed by atoms with E-state index < -0.39 is 0 Å². The molecular formula is C21H24N2O3. The van der Waals surface area contributed by atoms with Crippen LogP contribution in [0.1, 0.15) is 47.4 Å². The predicted octanol–water partition coefficient (Wildman–Crippen LogP) is 3.47. The average molecular weight is 352 g/mol. The lowest BCUT2D eigenvalue weighted by molar-refractivity contribution is -0.116. The van der Waals surface area contributed by atoms with Crippen molar-refractivity contribution in [1.82, 2.24) is 5.32 Å². The highest BCUT2D eigenvalue weighted by atomic mass is 16.5. The summed E-state index contributed by atoms with van der Waals surface area (Å²) in [7, 11) is 0. The van der Waals surface area contributed by atoms with Gasteiger partial charge < -0.3 is 15.4 Å². The fraction of sp³-hybridized carbons (Fsp3) is 0.333. The number of carbonyl (C=O) groups is 2. The Balaban J connectivity index is 1.41. The van der Waals surface area contributed by atoms with Crippen LogP contribution in [0, 0.1) is 0 Å². The van der Waals surface area contributed by atoms with Crippen molar-refractivity contribution in [2.24, 2.45) is 0 Å². The highest BCUT2D eigenvalue weighted by Crippen LogP contribution is 2.23. The molecule has 1 heterocycles. The van der Waals surface area contributed by atoms with Crippen LogP contribution in [0.25, 0.3) is 0 Å². The lowest BCUT2D eigenvalue weighted by atomic mass is 10.00. The SMILES string of the molecule is CC(OCCCNC(=O)c1ccc2c(c1)CCC(=O)N2)c1ccccc1. The van der Waals surface area contributed by atoms with E-state index in [4.69, 9.17) is 4.74 Å². The van der Waals surface area contributed by atoms with E-state index in [9.17, 15) is 9.59 Å². The summed E-state index contributed by atoms with van der Waals surface area (Å²) in [6, 6.07) is 15.5. The Morgan fingerprint density at radius 2 is 2.00 bits per heavy atom. The molecule has 2 aromatic carbocycles. The van der Waals surface area contributed by atoms with Crippen LogP contribution < -0.4 is 10.6 Å². The smallest absolute Gasteiger partial charge is 0.251 e. The molecule has 0 bridgehead atoms. The van der Waals surface area contributed by atoms with E-state index >= 15 is 0 Å². The molecule has 0 saturated heterocycles. The molecule has 136 valence electrons. The molecule has 26 heavy (non-hydrogen) atoms. The second-order valence-electron chi connectivity index (χ2n) is 6.45. The Kier molecular flexibility index (Phi) is 6.02. The van der Waals surface area contributed by atoms with E-state index in [1.807, 2.05) is 43.3 Å². The topological polar surface area (TPSA) is 67.4 Å². The normalized spacial score (nSPS) is 14.3. The third-order valence-corrected chi connectivity index (χ3v) is 4.51. The van der Waals surface area contributed by atoms with E-state index in [1.54, 1.807) is 12.1 Å². The van der Waals surface area contributed by atoms with Gasteiger partial charge in [-0.2, -0.15) is 0 Å². The minimum atomic E-state index is -0.0965. The van der Waals surface area contributed by atoms with E-state index in [2.05, 4.69) is 10.6 Å². The molecule has 0 spiro atoms. The molecule has 5 nitrogen and oxygen atoms in total. The molecule has 1 aliphatic rings. The fourth-order valence-electron chi connectivity index (χ4n) is 2.98. The number of amides is 2. The van der Waals surface area contributed by atoms with Crippen molar-refractivity contribution in [2.45, 2.75) is 32.3 Å². The molecule has 3 rings (SSSR count). The summed E-state index contributed by atoms with van der Waals surface area (Å²) in [5.41, 5.74) is 3.59. The first-order valence-corrected chi connectivity index (χ1v) is 9.01. The van der Waals surface area contributed by atoms with Gasteiger partial charge in [0, 0.05) is 30.8 Å². The van der Waals surface area contributed by atoms with Crippen LogP contribution in [0.3, 0.4) is 0 Å². The molecule has 2 N–H and O–H groups in total. The van der Waals surface area contributed by atoms with Gasteiger partial charge in [-0.25, -0.2) is 0 Å². The number of fused-ring (bicyclic) bond motifs is 1. The van der Waals surface area contributed by atoms with Crippen molar-refractivity contribution in [3.8, 4) is 0 Å². The molecule has 0 aliphatic carbocycles. The lowest BCUT2D eigenvalue weighted by Gasteiger charge is -2.17. The maximum absolute atomic E-state index is 12.3.